The number of hydrogen-bond donors (Lipinski definition) is 1. The molecule has 0 fully saturated rings. The fourth-order valence-electron chi connectivity index (χ4n) is 4.67. The van der Waals surface area contributed by atoms with Gasteiger partial charge >= 0.3 is 0 Å². The van der Waals surface area contributed by atoms with Crippen molar-refractivity contribution in [1.29, 1.82) is 5.26 Å². The van der Waals surface area contributed by atoms with Crippen LogP contribution in [-0.4, -0.2) is 19.2 Å². The van der Waals surface area contributed by atoms with E-state index < -0.39 is 0 Å². The summed E-state index contributed by atoms with van der Waals surface area (Å²) in [5, 5.41) is 13.2. The molecule has 1 aromatic heterocycles. The number of aliphatic imine (C=N–C) groups is 1. The molecule has 39 heavy (non-hydrogen) atoms. The first-order valence-corrected chi connectivity index (χ1v) is 13.8. The van der Waals surface area contributed by atoms with Gasteiger partial charge < -0.3 is 14.8 Å². The molecular formula is C32H29N3O3S. The van der Waals surface area contributed by atoms with Crippen LogP contribution in [0.5, 0.6) is 11.5 Å². The number of carbonyl (C=O) groups is 1. The van der Waals surface area contributed by atoms with Crippen LogP contribution in [0.4, 0.5) is 5.00 Å². The zero-order valence-electron chi connectivity index (χ0n) is 21.8. The Morgan fingerprint density at radius 1 is 1.05 bits per heavy atom. The van der Waals surface area contributed by atoms with Crippen LogP contribution in [0, 0.1) is 11.3 Å². The smallest absolute Gasteiger partial charge is 0.254 e. The molecule has 3 aromatic carbocycles. The second-order valence-electron chi connectivity index (χ2n) is 9.29. The Morgan fingerprint density at radius 2 is 1.85 bits per heavy atom. The summed E-state index contributed by atoms with van der Waals surface area (Å²) in [6.45, 7) is 0.737. The number of amides is 1. The predicted octanol–water partition coefficient (Wildman–Crippen LogP) is 6.77. The van der Waals surface area contributed by atoms with Crippen LogP contribution in [0.3, 0.4) is 0 Å². The summed E-state index contributed by atoms with van der Waals surface area (Å²) in [6, 6.07) is 25.1. The van der Waals surface area contributed by atoms with E-state index in [1.807, 2.05) is 66.7 Å². The van der Waals surface area contributed by atoms with Crippen molar-refractivity contribution >= 4 is 28.5 Å². The molecule has 0 unspecified atom stereocenters. The molecule has 0 saturated carbocycles. The van der Waals surface area contributed by atoms with Gasteiger partial charge in [0.1, 0.15) is 11.6 Å². The fraction of sp³-hybridized carbons (Fsp3) is 0.219. The van der Waals surface area contributed by atoms with Crippen LogP contribution in [0.2, 0.25) is 0 Å². The summed E-state index contributed by atoms with van der Waals surface area (Å²) in [5.74, 6) is 1.07. The standard InChI is InChI=1S/C32H29N3O3S/c1-37-28-17-23(15-16-27(28)38-21-25-12-6-5-11-24(25)18-33)20-35-32-30(26-13-7-8-14-29(26)39-32)31(36)34-19-22-9-3-2-4-10-22/h2-6,9-12,15-17,20H,7-8,13-14,19,21H2,1H3,(H,34,36)/b35-20-. The highest BCUT2D eigenvalue weighted by Gasteiger charge is 2.25. The zero-order valence-corrected chi connectivity index (χ0v) is 22.6. The van der Waals surface area contributed by atoms with Crippen LogP contribution in [0.1, 0.15) is 55.9 Å². The Balaban J connectivity index is 1.35. The Labute approximate surface area is 232 Å². The Bertz CT molecular complexity index is 1540. The monoisotopic (exact) mass is 535 g/mol. The highest BCUT2D eigenvalue weighted by molar-refractivity contribution is 7.16. The van der Waals surface area contributed by atoms with Gasteiger partial charge in [0.15, 0.2) is 11.5 Å². The molecular weight excluding hydrogens is 506 g/mol. The number of benzene rings is 3. The molecule has 7 heteroatoms. The van der Waals surface area contributed by atoms with Gasteiger partial charge in [0.05, 0.1) is 24.3 Å². The quantitative estimate of drug-likeness (QED) is 0.240. The molecule has 1 aliphatic carbocycles. The average molecular weight is 536 g/mol. The van der Waals surface area contributed by atoms with Crippen LogP contribution in [0.15, 0.2) is 77.8 Å². The molecule has 1 amide bonds. The van der Waals surface area contributed by atoms with E-state index >= 15 is 0 Å². The normalized spacial score (nSPS) is 12.5. The maximum atomic E-state index is 13.3. The fourth-order valence-corrected chi connectivity index (χ4v) is 5.90. The molecule has 0 saturated heterocycles. The minimum atomic E-state index is -0.0793. The van der Waals surface area contributed by atoms with Crippen molar-refractivity contribution in [2.45, 2.75) is 38.8 Å². The lowest BCUT2D eigenvalue weighted by atomic mass is 9.95. The molecule has 6 nitrogen and oxygen atoms in total. The third-order valence-electron chi connectivity index (χ3n) is 6.72. The zero-order chi connectivity index (χ0) is 27.0. The summed E-state index contributed by atoms with van der Waals surface area (Å²) in [7, 11) is 1.59. The summed E-state index contributed by atoms with van der Waals surface area (Å²) >= 11 is 1.61. The summed E-state index contributed by atoms with van der Waals surface area (Å²) < 4.78 is 11.5. The van der Waals surface area contributed by atoms with Crippen LogP contribution < -0.4 is 14.8 Å². The third kappa shape index (κ3) is 6.19. The first-order valence-electron chi connectivity index (χ1n) is 13.0. The average Bonchev–Trinajstić information content (AvgIpc) is 3.37. The van der Waals surface area contributed by atoms with Gasteiger partial charge in [-0.05, 0) is 66.6 Å². The van der Waals surface area contributed by atoms with Gasteiger partial charge in [-0.3, -0.25) is 4.79 Å². The number of thiophene rings is 1. The maximum absolute atomic E-state index is 13.3. The van der Waals surface area contributed by atoms with Gasteiger partial charge in [0.25, 0.3) is 5.91 Å². The number of nitrogens with one attached hydrogen (secondary N) is 1. The molecule has 0 radical (unpaired) electrons. The summed E-state index contributed by atoms with van der Waals surface area (Å²) in [5.41, 5.74) is 5.13. The van der Waals surface area contributed by atoms with Crippen molar-refractivity contribution in [2.75, 3.05) is 7.11 Å². The summed E-state index contributed by atoms with van der Waals surface area (Å²) in [6.07, 6.45) is 5.89. The van der Waals surface area contributed by atoms with E-state index in [1.54, 1.807) is 30.7 Å². The lowest BCUT2D eigenvalue weighted by Gasteiger charge is -2.13. The number of ether oxygens (including phenoxy) is 2. The second-order valence-corrected chi connectivity index (χ2v) is 10.4. The third-order valence-corrected chi connectivity index (χ3v) is 7.92. The topological polar surface area (TPSA) is 83.7 Å². The van der Waals surface area contributed by atoms with Crippen LogP contribution >= 0.6 is 11.3 Å². The van der Waals surface area contributed by atoms with Gasteiger partial charge in [-0.2, -0.15) is 5.26 Å². The Morgan fingerprint density at radius 3 is 2.67 bits per heavy atom. The van der Waals surface area contributed by atoms with E-state index in [-0.39, 0.29) is 12.5 Å². The minimum absolute atomic E-state index is 0.0793. The molecule has 5 rings (SSSR count). The van der Waals surface area contributed by atoms with E-state index in [4.69, 9.17) is 14.5 Å². The Hall–Kier alpha value is -4.41. The van der Waals surface area contributed by atoms with Crippen molar-refractivity contribution in [2.24, 2.45) is 4.99 Å². The van der Waals surface area contributed by atoms with Gasteiger partial charge in [0.2, 0.25) is 0 Å². The van der Waals surface area contributed by atoms with E-state index in [2.05, 4.69) is 11.4 Å². The van der Waals surface area contributed by atoms with Gasteiger partial charge in [-0.25, -0.2) is 4.99 Å². The van der Waals surface area contributed by atoms with Crippen molar-refractivity contribution in [1.82, 2.24) is 5.32 Å². The number of rotatable bonds is 9. The molecule has 0 spiro atoms. The Kier molecular flexibility index (Phi) is 8.35. The molecule has 0 atom stereocenters. The molecule has 1 heterocycles. The number of nitriles is 1. The first-order chi connectivity index (χ1) is 19.2. The van der Waals surface area contributed by atoms with Crippen LogP contribution in [-0.2, 0) is 26.0 Å². The lowest BCUT2D eigenvalue weighted by molar-refractivity contribution is 0.0951. The molecule has 0 bridgehead atoms. The van der Waals surface area contributed by atoms with Crippen molar-refractivity contribution in [3.05, 3.63) is 111 Å². The number of methoxy groups -OCH3 is 1. The molecule has 1 aliphatic rings. The highest BCUT2D eigenvalue weighted by Crippen LogP contribution is 2.40. The number of nitrogens with zero attached hydrogens (tertiary/aromatic N) is 2. The van der Waals surface area contributed by atoms with Crippen LogP contribution in [0.25, 0.3) is 0 Å². The second kappa shape index (κ2) is 12.4. The highest BCUT2D eigenvalue weighted by atomic mass is 32.1. The van der Waals surface area contributed by atoms with E-state index in [0.717, 1.165) is 52.9 Å². The van der Waals surface area contributed by atoms with E-state index in [9.17, 15) is 10.1 Å². The lowest BCUT2D eigenvalue weighted by Crippen LogP contribution is -2.24. The number of fused-ring (bicyclic) bond motifs is 1. The first kappa shape index (κ1) is 26.2. The van der Waals surface area contributed by atoms with Gasteiger partial charge in [-0.1, -0.05) is 48.5 Å². The van der Waals surface area contributed by atoms with E-state index in [1.165, 1.54) is 4.88 Å². The predicted molar refractivity (Wildman–Crippen MR) is 154 cm³/mol. The molecule has 1 N–H and O–H groups in total. The van der Waals surface area contributed by atoms with Crippen molar-refractivity contribution in [3.8, 4) is 17.6 Å². The largest absolute Gasteiger partial charge is 0.493 e. The number of carbonyl (C=O) groups excluding carboxylic acids is 1. The van der Waals surface area contributed by atoms with Gasteiger partial charge in [0, 0.05) is 23.2 Å². The number of aryl methyl sites for hydroxylation is 1. The van der Waals surface area contributed by atoms with Gasteiger partial charge in [-0.15, -0.1) is 11.3 Å². The number of hydrogen-bond acceptors (Lipinski definition) is 6. The molecule has 4 aromatic rings. The molecule has 196 valence electrons. The van der Waals surface area contributed by atoms with E-state index in [0.29, 0.717) is 29.2 Å². The SMILES string of the molecule is COc1cc(/C=N\c2sc3c(c2C(=O)NCc2ccccc2)CCCC3)ccc1OCc1ccccc1C#N. The van der Waals surface area contributed by atoms with Crippen molar-refractivity contribution in [3.63, 3.8) is 0 Å². The van der Waals surface area contributed by atoms with Crippen molar-refractivity contribution < 1.29 is 14.3 Å². The minimum Gasteiger partial charge on any atom is -0.493 e. The molecule has 0 aliphatic heterocycles. The maximum Gasteiger partial charge on any atom is 0.254 e. The summed E-state index contributed by atoms with van der Waals surface area (Å²) in [4.78, 5) is 19.4.